The van der Waals surface area contributed by atoms with Gasteiger partial charge in [-0.2, -0.15) is 4.98 Å². The second-order valence-corrected chi connectivity index (χ2v) is 4.97. The average molecular weight is 288 g/mol. The van der Waals surface area contributed by atoms with Crippen molar-refractivity contribution in [3.8, 4) is 0 Å². The van der Waals surface area contributed by atoms with E-state index >= 15 is 0 Å². The molecule has 1 aromatic heterocycles. The molecule has 2 aromatic rings. The largest absolute Gasteiger partial charge is 0.481 e. The number of carboxylic acids is 1. The summed E-state index contributed by atoms with van der Waals surface area (Å²) in [5.74, 6) is -0.814. The van der Waals surface area contributed by atoms with E-state index in [-0.39, 0.29) is 12.4 Å². The molecule has 7 heteroatoms. The lowest BCUT2D eigenvalue weighted by atomic mass is 9.79. The maximum absolute atomic E-state index is 12.0. The number of anilines is 1. The average Bonchev–Trinajstić information content (AvgIpc) is 2.84. The number of nitrogens with zero attached hydrogens (tertiary/aromatic N) is 2. The van der Waals surface area contributed by atoms with Gasteiger partial charge < -0.3 is 5.11 Å². The van der Waals surface area contributed by atoms with Crippen molar-refractivity contribution in [2.45, 2.75) is 25.7 Å². The van der Waals surface area contributed by atoms with E-state index in [4.69, 9.17) is 0 Å². The first kappa shape index (κ1) is 14.7. The first-order valence-corrected chi connectivity index (χ1v) is 6.39. The van der Waals surface area contributed by atoms with Crippen molar-refractivity contribution < 1.29 is 14.7 Å². The SMILES string of the molecule is Cc1nc(NC(=O)CC(C)(C(=O)O)c2ccccc2)n[nH]1. The van der Waals surface area contributed by atoms with Gasteiger partial charge in [0.1, 0.15) is 5.82 Å². The van der Waals surface area contributed by atoms with Crippen LogP contribution in [0.2, 0.25) is 0 Å². The minimum atomic E-state index is -1.31. The molecule has 0 bridgehead atoms. The Morgan fingerprint density at radius 1 is 1.33 bits per heavy atom. The van der Waals surface area contributed by atoms with Gasteiger partial charge in [-0.1, -0.05) is 30.3 Å². The Bertz CT molecular complexity index is 653. The van der Waals surface area contributed by atoms with E-state index in [1.807, 2.05) is 0 Å². The molecular weight excluding hydrogens is 272 g/mol. The van der Waals surface area contributed by atoms with E-state index in [0.717, 1.165) is 0 Å². The van der Waals surface area contributed by atoms with Crippen molar-refractivity contribution >= 4 is 17.8 Å². The van der Waals surface area contributed by atoms with Crippen molar-refractivity contribution in [3.63, 3.8) is 0 Å². The normalized spacial score (nSPS) is 13.4. The number of aliphatic carboxylic acids is 1. The molecular formula is C14H16N4O3. The zero-order chi connectivity index (χ0) is 15.5. The highest BCUT2D eigenvalue weighted by molar-refractivity contribution is 5.95. The van der Waals surface area contributed by atoms with E-state index in [9.17, 15) is 14.7 Å². The number of hydrogen-bond acceptors (Lipinski definition) is 4. The van der Waals surface area contributed by atoms with Crippen LogP contribution in [-0.2, 0) is 15.0 Å². The van der Waals surface area contributed by atoms with E-state index in [0.29, 0.717) is 11.4 Å². The molecule has 7 nitrogen and oxygen atoms in total. The topological polar surface area (TPSA) is 108 Å². The molecule has 0 aliphatic carbocycles. The van der Waals surface area contributed by atoms with Gasteiger partial charge in [-0.15, -0.1) is 5.10 Å². The van der Waals surface area contributed by atoms with Crippen molar-refractivity contribution in [3.05, 3.63) is 41.7 Å². The first-order valence-electron chi connectivity index (χ1n) is 6.39. The molecule has 0 aliphatic rings. The molecule has 1 aromatic carbocycles. The highest BCUT2D eigenvalue weighted by atomic mass is 16.4. The summed E-state index contributed by atoms with van der Waals surface area (Å²) < 4.78 is 0. The lowest BCUT2D eigenvalue weighted by molar-refractivity contribution is -0.145. The summed E-state index contributed by atoms with van der Waals surface area (Å²) in [6.45, 7) is 3.22. The number of benzene rings is 1. The lowest BCUT2D eigenvalue weighted by Gasteiger charge is -2.24. The molecule has 0 saturated heterocycles. The Labute approximate surface area is 121 Å². The molecule has 0 saturated carbocycles. The lowest BCUT2D eigenvalue weighted by Crippen LogP contribution is -2.36. The molecule has 110 valence electrons. The molecule has 1 amide bonds. The van der Waals surface area contributed by atoms with Gasteiger partial charge in [0.15, 0.2) is 0 Å². The highest BCUT2D eigenvalue weighted by Gasteiger charge is 2.37. The molecule has 0 fully saturated rings. The van der Waals surface area contributed by atoms with Crippen LogP contribution >= 0.6 is 0 Å². The predicted octanol–water partition coefficient (Wildman–Crippen LogP) is 1.48. The van der Waals surface area contributed by atoms with E-state index in [2.05, 4.69) is 20.5 Å². The number of amides is 1. The standard InChI is InChI=1S/C14H16N4O3/c1-9-15-13(18-17-9)16-11(19)8-14(2,12(20)21)10-6-4-3-5-7-10/h3-7H,8H2,1-2H3,(H,20,21)(H2,15,16,17,18,19). The van der Waals surface area contributed by atoms with Gasteiger partial charge in [-0.05, 0) is 19.4 Å². The maximum atomic E-state index is 12.0. The number of nitrogens with one attached hydrogen (secondary N) is 2. The summed E-state index contributed by atoms with van der Waals surface area (Å²) in [5, 5.41) is 18.4. The third kappa shape index (κ3) is 3.25. The predicted molar refractivity (Wildman–Crippen MR) is 75.8 cm³/mol. The van der Waals surface area contributed by atoms with Gasteiger partial charge in [0.2, 0.25) is 11.9 Å². The maximum Gasteiger partial charge on any atom is 0.314 e. The van der Waals surface area contributed by atoms with Crippen LogP contribution in [0.15, 0.2) is 30.3 Å². The van der Waals surface area contributed by atoms with Crippen LogP contribution in [0.3, 0.4) is 0 Å². The Balaban J connectivity index is 2.17. The zero-order valence-electron chi connectivity index (χ0n) is 11.8. The minimum absolute atomic E-state index is 0.137. The Morgan fingerprint density at radius 3 is 2.52 bits per heavy atom. The number of carbonyl (C=O) groups is 2. The molecule has 1 atom stereocenters. The number of hydrogen-bond donors (Lipinski definition) is 3. The van der Waals surface area contributed by atoms with Crippen molar-refractivity contribution in [2.75, 3.05) is 5.32 Å². The minimum Gasteiger partial charge on any atom is -0.481 e. The molecule has 3 N–H and O–H groups in total. The molecule has 0 spiro atoms. The molecule has 2 rings (SSSR count). The Hall–Kier alpha value is -2.70. The van der Waals surface area contributed by atoms with E-state index in [1.165, 1.54) is 6.92 Å². The highest BCUT2D eigenvalue weighted by Crippen LogP contribution is 2.28. The van der Waals surface area contributed by atoms with Crippen molar-refractivity contribution in [1.82, 2.24) is 15.2 Å². The van der Waals surface area contributed by atoms with Crippen LogP contribution in [0.25, 0.3) is 0 Å². The van der Waals surface area contributed by atoms with Crippen LogP contribution in [0.4, 0.5) is 5.95 Å². The van der Waals surface area contributed by atoms with E-state index in [1.54, 1.807) is 37.3 Å². The molecule has 0 aliphatic heterocycles. The van der Waals surface area contributed by atoms with Gasteiger partial charge in [0, 0.05) is 6.42 Å². The van der Waals surface area contributed by atoms with Crippen LogP contribution in [0, 0.1) is 6.92 Å². The summed E-state index contributed by atoms with van der Waals surface area (Å²) in [5.41, 5.74) is -0.740. The van der Waals surface area contributed by atoms with Crippen LogP contribution in [0.1, 0.15) is 24.7 Å². The fourth-order valence-corrected chi connectivity index (χ4v) is 2.00. The summed E-state index contributed by atoms with van der Waals surface area (Å²) in [4.78, 5) is 27.6. The van der Waals surface area contributed by atoms with Gasteiger partial charge in [0.25, 0.3) is 0 Å². The summed E-state index contributed by atoms with van der Waals surface area (Å²) in [7, 11) is 0. The van der Waals surface area contributed by atoms with E-state index < -0.39 is 17.3 Å². The van der Waals surface area contributed by atoms with Gasteiger partial charge in [0.05, 0.1) is 5.41 Å². The summed E-state index contributed by atoms with van der Waals surface area (Å²) >= 11 is 0. The van der Waals surface area contributed by atoms with Gasteiger partial charge in [-0.3, -0.25) is 20.0 Å². The van der Waals surface area contributed by atoms with Crippen LogP contribution in [-0.4, -0.2) is 32.2 Å². The quantitative estimate of drug-likeness (QED) is 0.772. The van der Waals surface area contributed by atoms with Crippen molar-refractivity contribution in [1.29, 1.82) is 0 Å². The second-order valence-electron chi connectivity index (χ2n) is 4.97. The third-order valence-electron chi connectivity index (χ3n) is 3.25. The second kappa shape index (κ2) is 5.74. The molecule has 21 heavy (non-hydrogen) atoms. The molecule has 1 unspecified atom stereocenters. The van der Waals surface area contributed by atoms with Gasteiger partial charge >= 0.3 is 5.97 Å². The van der Waals surface area contributed by atoms with Crippen LogP contribution in [0.5, 0.6) is 0 Å². The van der Waals surface area contributed by atoms with Crippen molar-refractivity contribution in [2.24, 2.45) is 0 Å². The summed E-state index contributed by atoms with van der Waals surface area (Å²) in [6, 6.07) is 8.67. The molecule has 0 radical (unpaired) electrons. The van der Waals surface area contributed by atoms with Gasteiger partial charge in [-0.25, -0.2) is 0 Å². The first-order chi connectivity index (χ1) is 9.91. The Morgan fingerprint density at radius 2 is 2.00 bits per heavy atom. The number of H-pyrrole nitrogens is 1. The number of aryl methyl sites for hydroxylation is 1. The van der Waals surface area contributed by atoms with Crippen LogP contribution < -0.4 is 5.32 Å². The Kier molecular flexibility index (Phi) is 4.02. The fourth-order valence-electron chi connectivity index (χ4n) is 2.00. The number of carboxylic acid groups (broad SMARTS) is 1. The third-order valence-corrected chi connectivity index (χ3v) is 3.25. The number of aromatic nitrogens is 3. The summed E-state index contributed by atoms with van der Waals surface area (Å²) in [6.07, 6.45) is -0.208. The molecule has 1 heterocycles. The number of carbonyl (C=O) groups excluding carboxylic acids is 1. The zero-order valence-corrected chi connectivity index (χ0v) is 11.8. The monoisotopic (exact) mass is 288 g/mol. The number of rotatable bonds is 5. The smallest absolute Gasteiger partial charge is 0.314 e. The number of aromatic amines is 1. The fraction of sp³-hybridized carbons (Fsp3) is 0.286.